The quantitative estimate of drug-likeness (QED) is 0.137. The number of hydrogen-bond donors (Lipinski definition) is 4. The van der Waals surface area contributed by atoms with Crippen LogP contribution < -0.4 is 21.3 Å². The Morgan fingerprint density at radius 3 is 1.24 bits per heavy atom. The third-order valence-corrected chi connectivity index (χ3v) is 9.87. The third-order valence-electron chi connectivity index (χ3n) is 9.87. The van der Waals surface area contributed by atoms with Crippen molar-refractivity contribution in [1.82, 2.24) is 10.6 Å². The zero-order chi connectivity index (χ0) is 35.4. The van der Waals surface area contributed by atoms with Crippen molar-refractivity contribution in [3.8, 4) is 11.1 Å². The summed E-state index contributed by atoms with van der Waals surface area (Å²) in [5, 5.41) is 12.3. The maximum absolute atomic E-state index is 13.7. The summed E-state index contributed by atoms with van der Waals surface area (Å²) in [6.07, 6.45) is 4.82. The Bertz CT molecular complexity index is 1880. The molecule has 2 aliphatic heterocycles. The van der Waals surface area contributed by atoms with Gasteiger partial charge in [0.1, 0.15) is 0 Å². The topological polar surface area (TPSA) is 116 Å². The smallest absolute Gasteiger partial charge is 0.252 e. The molecular weight excluding hydrogens is 624 g/mol. The van der Waals surface area contributed by atoms with E-state index >= 15 is 0 Å². The monoisotopic (exact) mass is 666 g/mol. The molecule has 4 aromatic carbocycles. The highest BCUT2D eigenvalue weighted by Crippen LogP contribution is 2.36. The fourth-order valence-electron chi connectivity index (χ4n) is 6.77. The van der Waals surface area contributed by atoms with Gasteiger partial charge in [-0.15, -0.1) is 0 Å². The molecule has 0 bridgehead atoms. The SMILES string of the molecule is CC[C@H](C)[C@@H]1NC(=O)c2ccccc2C1=CC(=O)Nc1ccccc1-c1ccccc1NC(=O)C=C1c2ccccc2C(=O)N[C@H]1[C@@H](C)CC. The molecule has 0 fully saturated rings. The van der Waals surface area contributed by atoms with E-state index in [9.17, 15) is 19.2 Å². The van der Waals surface area contributed by atoms with Crippen LogP contribution in [0.3, 0.4) is 0 Å². The average Bonchev–Trinajstić information content (AvgIpc) is 3.13. The number of carbonyl (C=O) groups excluding carboxylic acids is 4. The Labute approximate surface area is 293 Å². The molecule has 4 amide bonds. The molecule has 0 aromatic heterocycles. The molecular formula is C42H42N4O4. The molecule has 4 N–H and O–H groups in total. The maximum atomic E-state index is 13.7. The summed E-state index contributed by atoms with van der Waals surface area (Å²) in [6, 6.07) is 29.0. The van der Waals surface area contributed by atoms with E-state index in [1.54, 1.807) is 24.3 Å². The van der Waals surface area contributed by atoms with Crippen molar-refractivity contribution in [3.05, 3.63) is 131 Å². The Hall–Kier alpha value is -5.76. The standard InChI is InChI=1S/C42H42N4O4/c1-5-25(3)39-33(27-15-7-9-19-31(27)41(49)45-39)23-37(47)43-35-21-13-11-17-29(35)30-18-12-14-22-36(30)44-38(48)24-34-28-16-8-10-20-32(28)42(50)46-40(34)26(4)6-2/h7-26,39-40H,5-6H2,1-4H3,(H,43,47)(H,44,48)(H,45,49)(H,46,50)/t25-,26-,39-,40-/m0/s1. The van der Waals surface area contributed by atoms with E-state index in [0.29, 0.717) is 22.5 Å². The molecule has 4 atom stereocenters. The number of fused-ring (bicyclic) bond motifs is 2. The van der Waals surface area contributed by atoms with Gasteiger partial charge in [0.25, 0.3) is 11.8 Å². The van der Waals surface area contributed by atoms with Gasteiger partial charge in [0.05, 0.1) is 12.1 Å². The summed E-state index contributed by atoms with van der Waals surface area (Å²) in [6.45, 7) is 8.26. The number of hydrogen-bond acceptors (Lipinski definition) is 4. The van der Waals surface area contributed by atoms with E-state index in [2.05, 4.69) is 49.0 Å². The molecule has 0 aliphatic carbocycles. The first-order valence-electron chi connectivity index (χ1n) is 17.2. The van der Waals surface area contributed by atoms with Crippen LogP contribution >= 0.6 is 0 Å². The van der Waals surface area contributed by atoms with Gasteiger partial charge < -0.3 is 21.3 Å². The second-order valence-corrected chi connectivity index (χ2v) is 13.0. The Balaban J connectivity index is 1.31. The van der Waals surface area contributed by atoms with Crippen LogP contribution in [0, 0.1) is 11.8 Å². The van der Waals surface area contributed by atoms with Gasteiger partial charge in [-0.2, -0.15) is 0 Å². The van der Waals surface area contributed by atoms with E-state index in [-0.39, 0.29) is 47.5 Å². The van der Waals surface area contributed by atoms with E-state index in [4.69, 9.17) is 0 Å². The van der Waals surface area contributed by atoms with Gasteiger partial charge in [-0.3, -0.25) is 19.2 Å². The van der Waals surface area contributed by atoms with Gasteiger partial charge in [-0.25, -0.2) is 0 Å². The number of carbonyl (C=O) groups is 4. The van der Waals surface area contributed by atoms with Gasteiger partial charge >= 0.3 is 0 Å². The van der Waals surface area contributed by atoms with Crippen molar-refractivity contribution >= 4 is 46.1 Å². The molecule has 0 radical (unpaired) electrons. The number of benzene rings is 4. The second-order valence-electron chi connectivity index (χ2n) is 13.0. The summed E-state index contributed by atoms with van der Waals surface area (Å²) in [7, 11) is 0. The van der Waals surface area contributed by atoms with Crippen LogP contribution in [0.5, 0.6) is 0 Å². The number of rotatable bonds is 9. The van der Waals surface area contributed by atoms with Crippen molar-refractivity contribution < 1.29 is 19.2 Å². The minimum Gasteiger partial charge on any atom is -0.345 e. The van der Waals surface area contributed by atoms with Crippen LogP contribution in [0.15, 0.2) is 109 Å². The maximum Gasteiger partial charge on any atom is 0.252 e. The van der Waals surface area contributed by atoms with Crippen LogP contribution in [-0.4, -0.2) is 35.7 Å². The summed E-state index contributed by atoms with van der Waals surface area (Å²) in [5.41, 5.74) is 6.72. The van der Waals surface area contributed by atoms with Crippen molar-refractivity contribution in [2.24, 2.45) is 11.8 Å². The van der Waals surface area contributed by atoms with Gasteiger partial charge in [-0.05, 0) is 58.4 Å². The van der Waals surface area contributed by atoms with Crippen LogP contribution in [0.2, 0.25) is 0 Å². The summed E-state index contributed by atoms with van der Waals surface area (Å²) >= 11 is 0. The Morgan fingerprint density at radius 1 is 0.560 bits per heavy atom. The fourth-order valence-corrected chi connectivity index (χ4v) is 6.77. The van der Waals surface area contributed by atoms with Gasteiger partial charge in [0, 0.05) is 45.8 Å². The van der Waals surface area contributed by atoms with Crippen LogP contribution in [-0.2, 0) is 9.59 Å². The van der Waals surface area contributed by atoms with Crippen molar-refractivity contribution in [2.75, 3.05) is 10.6 Å². The lowest BCUT2D eigenvalue weighted by atomic mass is 9.82. The van der Waals surface area contributed by atoms with E-state index in [1.807, 2.05) is 84.9 Å². The molecule has 0 saturated heterocycles. The first-order valence-corrected chi connectivity index (χ1v) is 17.2. The number of nitrogens with one attached hydrogen (secondary N) is 4. The average molecular weight is 667 g/mol. The van der Waals surface area contributed by atoms with E-state index < -0.39 is 0 Å². The zero-order valence-electron chi connectivity index (χ0n) is 28.7. The highest BCUT2D eigenvalue weighted by atomic mass is 16.2. The van der Waals surface area contributed by atoms with Crippen LogP contribution in [0.25, 0.3) is 22.3 Å². The molecule has 6 rings (SSSR count). The predicted molar refractivity (Wildman–Crippen MR) is 199 cm³/mol. The lowest BCUT2D eigenvalue weighted by Gasteiger charge is -2.32. The molecule has 0 spiro atoms. The molecule has 0 unspecified atom stereocenters. The van der Waals surface area contributed by atoms with Crippen LogP contribution in [0.1, 0.15) is 72.4 Å². The summed E-state index contributed by atoms with van der Waals surface area (Å²) in [5.74, 6) is -0.711. The summed E-state index contributed by atoms with van der Waals surface area (Å²) < 4.78 is 0. The Kier molecular flexibility index (Phi) is 10.1. The highest BCUT2D eigenvalue weighted by molar-refractivity contribution is 6.13. The number of amides is 4. The van der Waals surface area contributed by atoms with Gasteiger partial charge in [-0.1, -0.05) is 113 Å². The fraction of sp³-hybridized carbons (Fsp3) is 0.238. The van der Waals surface area contributed by atoms with E-state index in [1.165, 1.54) is 0 Å². The first kappa shape index (κ1) is 34.1. The molecule has 254 valence electrons. The van der Waals surface area contributed by atoms with Gasteiger partial charge in [0.15, 0.2) is 0 Å². The summed E-state index contributed by atoms with van der Waals surface area (Å²) in [4.78, 5) is 53.2. The normalized spacial score (nSPS) is 19.4. The van der Waals surface area contributed by atoms with Crippen molar-refractivity contribution in [3.63, 3.8) is 0 Å². The molecule has 2 heterocycles. The van der Waals surface area contributed by atoms with Crippen molar-refractivity contribution in [1.29, 1.82) is 0 Å². The Morgan fingerprint density at radius 2 is 0.880 bits per heavy atom. The minimum atomic E-state index is -0.327. The molecule has 8 heteroatoms. The van der Waals surface area contributed by atoms with Gasteiger partial charge in [0.2, 0.25) is 11.8 Å². The molecule has 50 heavy (non-hydrogen) atoms. The van der Waals surface area contributed by atoms with Crippen LogP contribution in [0.4, 0.5) is 11.4 Å². The lowest BCUT2D eigenvalue weighted by molar-refractivity contribution is -0.112. The zero-order valence-corrected chi connectivity index (χ0v) is 28.7. The number of anilines is 2. The van der Waals surface area contributed by atoms with E-state index in [0.717, 1.165) is 46.2 Å². The third kappa shape index (κ3) is 6.87. The largest absolute Gasteiger partial charge is 0.345 e. The molecule has 4 aromatic rings. The second kappa shape index (κ2) is 14.8. The minimum absolute atomic E-state index is 0.114. The van der Waals surface area contributed by atoms with Crippen molar-refractivity contribution in [2.45, 2.75) is 52.6 Å². The number of para-hydroxylation sites is 2. The molecule has 2 aliphatic rings. The molecule has 0 saturated carbocycles. The lowest BCUT2D eigenvalue weighted by Crippen LogP contribution is -2.44. The predicted octanol–water partition coefficient (Wildman–Crippen LogP) is 7.71. The first-order chi connectivity index (χ1) is 24.2. The molecule has 8 nitrogen and oxygen atoms in total. The highest BCUT2D eigenvalue weighted by Gasteiger charge is 2.33.